The van der Waals surface area contributed by atoms with Gasteiger partial charge in [0, 0.05) is 5.92 Å². The number of nitrogens with two attached hydrogens (primary N) is 1. The lowest BCUT2D eigenvalue weighted by atomic mass is 9.96. The molecule has 4 heteroatoms. The number of methoxy groups -OCH3 is 1. The van der Waals surface area contributed by atoms with Gasteiger partial charge in [-0.25, -0.2) is 0 Å². The molecular weight excluding hydrogens is 240 g/mol. The van der Waals surface area contributed by atoms with Crippen LogP contribution in [0.25, 0.3) is 11.1 Å². The molecule has 1 aromatic carbocycles. The summed E-state index contributed by atoms with van der Waals surface area (Å²) in [5.74, 6) is 2.45. The van der Waals surface area contributed by atoms with Crippen LogP contribution in [0.5, 0.6) is 5.75 Å². The second-order valence-electron chi connectivity index (χ2n) is 4.73. The molecule has 1 unspecified atom stereocenters. The monoisotopic (exact) mass is 260 g/mol. The van der Waals surface area contributed by atoms with Crippen LogP contribution < -0.4 is 10.5 Å². The molecule has 102 valence electrons. The first-order valence-corrected chi connectivity index (χ1v) is 6.56. The smallest absolute Gasteiger partial charge is 0.175 e. The summed E-state index contributed by atoms with van der Waals surface area (Å²) in [6, 6.07) is 7.78. The van der Waals surface area contributed by atoms with E-state index in [9.17, 15) is 0 Å². The van der Waals surface area contributed by atoms with E-state index in [1.807, 2.05) is 24.3 Å². The van der Waals surface area contributed by atoms with Crippen LogP contribution in [0.3, 0.4) is 0 Å². The molecule has 0 aliphatic rings. The van der Waals surface area contributed by atoms with Gasteiger partial charge in [0.25, 0.3) is 0 Å². The van der Waals surface area contributed by atoms with Crippen molar-refractivity contribution in [3.8, 4) is 16.9 Å². The number of nitrogens with zero attached hydrogens (tertiary/aromatic N) is 1. The fraction of sp³-hybridized carbons (Fsp3) is 0.400. The van der Waals surface area contributed by atoms with Crippen molar-refractivity contribution < 1.29 is 9.26 Å². The molecule has 1 atom stereocenters. The average molecular weight is 260 g/mol. The van der Waals surface area contributed by atoms with Crippen LogP contribution in [0.2, 0.25) is 0 Å². The Morgan fingerprint density at radius 1 is 1.32 bits per heavy atom. The molecule has 0 spiro atoms. The number of benzene rings is 1. The number of anilines is 1. The Morgan fingerprint density at radius 2 is 2.00 bits per heavy atom. The highest BCUT2D eigenvalue weighted by molar-refractivity contribution is 5.76. The van der Waals surface area contributed by atoms with E-state index in [0.29, 0.717) is 11.7 Å². The fourth-order valence-electron chi connectivity index (χ4n) is 2.26. The minimum Gasteiger partial charge on any atom is -0.497 e. The minimum atomic E-state index is 0.312. The molecule has 0 radical (unpaired) electrons. The van der Waals surface area contributed by atoms with E-state index >= 15 is 0 Å². The second kappa shape index (κ2) is 5.78. The molecule has 1 aromatic heterocycles. The topological polar surface area (TPSA) is 61.3 Å². The third kappa shape index (κ3) is 2.72. The predicted octanol–water partition coefficient (Wildman–Crippen LogP) is 3.84. The van der Waals surface area contributed by atoms with E-state index in [1.165, 1.54) is 0 Å². The molecule has 0 saturated heterocycles. The highest BCUT2D eigenvalue weighted by atomic mass is 16.5. The molecule has 0 aliphatic heterocycles. The molecule has 1 heterocycles. The Morgan fingerprint density at radius 3 is 2.58 bits per heavy atom. The Bertz CT molecular complexity index is 532. The zero-order chi connectivity index (χ0) is 13.8. The summed E-state index contributed by atoms with van der Waals surface area (Å²) in [6.07, 6.45) is 2.15. The van der Waals surface area contributed by atoms with Crippen LogP contribution in [-0.4, -0.2) is 12.3 Å². The number of nitrogen functional groups attached to an aromatic ring is 1. The van der Waals surface area contributed by atoms with E-state index in [0.717, 1.165) is 35.5 Å². The molecular formula is C15H20N2O2. The van der Waals surface area contributed by atoms with Crippen molar-refractivity contribution in [2.45, 2.75) is 32.6 Å². The number of aromatic nitrogens is 1. The van der Waals surface area contributed by atoms with Gasteiger partial charge < -0.3 is 15.0 Å². The lowest BCUT2D eigenvalue weighted by Gasteiger charge is -2.09. The standard InChI is InChI=1S/C15H20N2O2/c1-4-5-10(2)14-13(15(16)17-19-14)11-6-8-12(18-3)9-7-11/h6-10H,4-5H2,1-3H3,(H2,16,17). The molecule has 2 aromatic rings. The first kappa shape index (κ1) is 13.5. The van der Waals surface area contributed by atoms with Crippen molar-refractivity contribution in [3.63, 3.8) is 0 Å². The van der Waals surface area contributed by atoms with Gasteiger partial charge >= 0.3 is 0 Å². The average Bonchev–Trinajstić information content (AvgIpc) is 2.81. The summed E-state index contributed by atoms with van der Waals surface area (Å²) in [6.45, 7) is 4.29. The van der Waals surface area contributed by atoms with Crippen LogP contribution in [0.15, 0.2) is 28.8 Å². The van der Waals surface area contributed by atoms with Crippen molar-refractivity contribution in [1.82, 2.24) is 5.16 Å². The van der Waals surface area contributed by atoms with Gasteiger partial charge in [0.15, 0.2) is 5.82 Å². The lowest BCUT2D eigenvalue weighted by molar-refractivity contribution is 0.362. The number of hydrogen-bond acceptors (Lipinski definition) is 4. The van der Waals surface area contributed by atoms with Gasteiger partial charge in [0.1, 0.15) is 11.5 Å². The van der Waals surface area contributed by atoms with Gasteiger partial charge in [-0.05, 0) is 24.1 Å². The quantitative estimate of drug-likeness (QED) is 0.887. The second-order valence-corrected chi connectivity index (χ2v) is 4.73. The SMILES string of the molecule is CCCC(C)c1onc(N)c1-c1ccc(OC)cc1. The largest absolute Gasteiger partial charge is 0.497 e. The maximum atomic E-state index is 5.94. The van der Waals surface area contributed by atoms with Crippen molar-refractivity contribution in [3.05, 3.63) is 30.0 Å². The lowest BCUT2D eigenvalue weighted by Crippen LogP contribution is -1.95. The van der Waals surface area contributed by atoms with Crippen molar-refractivity contribution in [1.29, 1.82) is 0 Å². The van der Waals surface area contributed by atoms with Gasteiger partial charge in [-0.1, -0.05) is 37.6 Å². The van der Waals surface area contributed by atoms with Gasteiger partial charge in [-0.2, -0.15) is 0 Å². The molecule has 2 N–H and O–H groups in total. The predicted molar refractivity (Wildman–Crippen MR) is 76.2 cm³/mol. The molecule has 0 bridgehead atoms. The highest BCUT2D eigenvalue weighted by Gasteiger charge is 2.20. The van der Waals surface area contributed by atoms with Crippen LogP contribution >= 0.6 is 0 Å². The Labute approximate surface area is 113 Å². The molecule has 0 fully saturated rings. The third-order valence-electron chi connectivity index (χ3n) is 3.29. The van der Waals surface area contributed by atoms with Gasteiger partial charge in [-0.15, -0.1) is 0 Å². The summed E-state index contributed by atoms with van der Waals surface area (Å²) in [4.78, 5) is 0. The number of ether oxygens (including phenoxy) is 1. The summed E-state index contributed by atoms with van der Waals surface area (Å²) < 4.78 is 10.6. The van der Waals surface area contributed by atoms with Crippen LogP contribution in [-0.2, 0) is 0 Å². The first-order chi connectivity index (χ1) is 9.17. The van der Waals surface area contributed by atoms with Gasteiger partial charge in [0.2, 0.25) is 0 Å². The van der Waals surface area contributed by atoms with Crippen LogP contribution in [0.4, 0.5) is 5.82 Å². The molecule has 0 aliphatic carbocycles. The summed E-state index contributed by atoms with van der Waals surface area (Å²) in [5, 5.41) is 3.91. The molecule has 0 amide bonds. The van der Waals surface area contributed by atoms with E-state index in [-0.39, 0.29) is 0 Å². The fourth-order valence-corrected chi connectivity index (χ4v) is 2.26. The van der Waals surface area contributed by atoms with Gasteiger partial charge in [0.05, 0.1) is 12.7 Å². The van der Waals surface area contributed by atoms with E-state index < -0.39 is 0 Å². The minimum absolute atomic E-state index is 0.312. The number of rotatable bonds is 5. The maximum absolute atomic E-state index is 5.94. The Balaban J connectivity index is 2.39. The Hall–Kier alpha value is -1.97. The summed E-state index contributed by atoms with van der Waals surface area (Å²) in [7, 11) is 1.65. The normalized spacial score (nSPS) is 12.4. The molecule has 2 rings (SSSR count). The zero-order valence-corrected chi connectivity index (χ0v) is 11.6. The maximum Gasteiger partial charge on any atom is 0.175 e. The number of hydrogen-bond donors (Lipinski definition) is 1. The van der Waals surface area contributed by atoms with Crippen LogP contribution in [0, 0.1) is 0 Å². The van der Waals surface area contributed by atoms with E-state index in [1.54, 1.807) is 7.11 Å². The molecule has 0 saturated carbocycles. The van der Waals surface area contributed by atoms with Crippen LogP contribution in [0.1, 0.15) is 38.4 Å². The third-order valence-corrected chi connectivity index (χ3v) is 3.29. The Kier molecular flexibility index (Phi) is 4.10. The van der Waals surface area contributed by atoms with E-state index in [4.69, 9.17) is 15.0 Å². The van der Waals surface area contributed by atoms with E-state index in [2.05, 4.69) is 19.0 Å². The highest BCUT2D eigenvalue weighted by Crippen LogP contribution is 2.36. The van der Waals surface area contributed by atoms with Crippen molar-refractivity contribution in [2.24, 2.45) is 0 Å². The summed E-state index contributed by atoms with van der Waals surface area (Å²) >= 11 is 0. The first-order valence-electron chi connectivity index (χ1n) is 6.56. The zero-order valence-electron chi connectivity index (χ0n) is 11.6. The molecule has 4 nitrogen and oxygen atoms in total. The van der Waals surface area contributed by atoms with Gasteiger partial charge in [-0.3, -0.25) is 0 Å². The van der Waals surface area contributed by atoms with Crippen molar-refractivity contribution >= 4 is 5.82 Å². The molecule has 19 heavy (non-hydrogen) atoms. The summed E-state index contributed by atoms with van der Waals surface area (Å²) in [5.41, 5.74) is 7.86. The van der Waals surface area contributed by atoms with Crippen molar-refractivity contribution in [2.75, 3.05) is 12.8 Å².